The van der Waals surface area contributed by atoms with Gasteiger partial charge in [0.2, 0.25) is 5.91 Å². The predicted molar refractivity (Wildman–Crippen MR) is 85.3 cm³/mol. The topological polar surface area (TPSA) is 71.6 Å². The van der Waals surface area contributed by atoms with E-state index in [4.69, 9.17) is 0 Å². The molecule has 2 aromatic rings. The molecule has 0 radical (unpaired) electrons. The quantitative estimate of drug-likeness (QED) is 0.852. The number of hydrogen-bond acceptors (Lipinski definition) is 4. The lowest BCUT2D eigenvalue weighted by Gasteiger charge is -2.38. The molecular weight excluding hydrogens is 306 g/mol. The van der Waals surface area contributed by atoms with Crippen LogP contribution in [0.25, 0.3) is 5.65 Å². The van der Waals surface area contributed by atoms with Crippen LogP contribution in [0.4, 0.5) is 0 Å². The van der Waals surface area contributed by atoms with Gasteiger partial charge in [-0.05, 0) is 26.0 Å². The Kier molecular flexibility index (Phi) is 4.87. The molecule has 7 nitrogen and oxygen atoms in total. The molecule has 0 aromatic carbocycles. The van der Waals surface area contributed by atoms with Crippen molar-refractivity contribution < 1.29 is 4.79 Å². The van der Waals surface area contributed by atoms with Crippen molar-refractivity contribution in [3.05, 3.63) is 34.9 Å². The Balaban J connectivity index is 0.00000176. The van der Waals surface area contributed by atoms with Gasteiger partial charge in [-0.15, -0.1) is 17.5 Å². The molecule has 1 fully saturated rings. The second-order valence-corrected chi connectivity index (χ2v) is 5.44. The summed E-state index contributed by atoms with van der Waals surface area (Å²) in [5.74, 6) is -0.0682. The van der Waals surface area contributed by atoms with E-state index in [2.05, 4.69) is 17.3 Å². The molecule has 1 aliphatic heterocycles. The van der Waals surface area contributed by atoms with Crippen LogP contribution in [0.2, 0.25) is 0 Å². The SMILES string of the molecule is CC1NCCN(C(=O)Cn2nc3ccccn3c2=O)C1C.Cl. The summed E-state index contributed by atoms with van der Waals surface area (Å²) in [7, 11) is 0. The molecule has 2 unspecified atom stereocenters. The van der Waals surface area contributed by atoms with Crippen molar-refractivity contribution >= 4 is 24.0 Å². The first-order valence-corrected chi connectivity index (χ1v) is 7.15. The Labute approximate surface area is 134 Å². The van der Waals surface area contributed by atoms with Crippen molar-refractivity contribution in [2.45, 2.75) is 32.5 Å². The number of carbonyl (C=O) groups is 1. The third-order valence-corrected chi connectivity index (χ3v) is 4.13. The summed E-state index contributed by atoms with van der Waals surface area (Å²) in [6.07, 6.45) is 1.65. The first-order chi connectivity index (χ1) is 10.1. The van der Waals surface area contributed by atoms with Gasteiger partial charge in [-0.25, -0.2) is 9.48 Å². The molecule has 8 heteroatoms. The number of hydrogen-bond donors (Lipinski definition) is 1. The molecule has 1 amide bonds. The van der Waals surface area contributed by atoms with Gasteiger partial charge in [-0.1, -0.05) is 6.07 Å². The zero-order valence-electron chi connectivity index (χ0n) is 12.6. The number of rotatable bonds is 2. The van der Waals surface area contributed by atoms with Crippen LogP contribution < -0.4 is 11.0 Å². The highest BCUT2D eigenvalue weighted by atomic mass is 35.5. The van der Waals surface area contributed by atoms with Crippen molar-refractivity contribution in [1.29, 1.82) is 0 Å². The number of amides is 1. The maximum Gasteiger partial charge on any atom is 0.350 e. The molecule has 0 spiro atoms. The monoisotopic (exact) mass is 325 g/mol. The molecule has 22 heavy (non-hydrogen) atoms. The van der Waals surface area contributed by atoms with Crippen molar-refractivity contribution in [3.63, 3.8) is 0 Å². The van der Waals surface area contributed by atoms with Crippen LogP contribution in [-0.2, 0) is 11.3 Å². The summed E-state index contributed by atoms with van der Waals surface area (Å²) < 4.78 is 2.67. The summed E-state index contributed by atoms with van der Waals surface area (Å²) in [6, 6.07) is 5.69. The predicted octanol–water partition coefficient (Wildman–Crippen LogP) is 0.127. The number of halogens is 1. The maximum atomic E-state index is 12.4. The fraction of sp³-hybridized carbons (Fsp3) is 0.500. The van der Waals surface area contributed by atoms with Crippen LogP contribution in [0.5, 0.6) is 0 Å². The summed E-state index contributed by atoms with van der Waals surface area (Å²) >= 11 is 0. The van der Waals surface area contributed by atoms with Gasteiger partial charge in [-0.2, -0.15) is 0 Å². The lowest BCUT2D eigenvalue weighted by molar-refractivity contribution is -0.135. The summed E-state index contributed by atoms with van der Waals surface area (Å²) in [5, 5.41) is 7.53. The van der Waals surface area contributed by atoms with Gasteiger partial charge in [0.05, 0.1) is 0 Å². The highest BCUT2D eigenvalue weighted by Crippen LogP contribution is 2.09. The van der Waals surface area contributed by atoms with Crippen LogP contribution in [0.3, 0.4) is 0 Å². The van der Waals surface area contributed by atoms with Crippen LogP contribution >= 0.6 is 12.4 Å². The Morgan fingerprint density at radius 3 is 2.91 bits per heavy atom. The number of carbonyl (C=O) groups excluding carboxylic acids is 1. The van der Waals surface area contributed by atoms with Gasteiger partial charge < -0.3 is 10.2 Å². The van der Waals surface area contributed by atoms with Crippen LogP contribution in [-0.4, -0.2) is 50.2 Å². The minimum atomic E-state index is -0.283. The van der Waals surface area contributed by atoms with Crippen molar-refractivity contribution in [3.8, 4) is 0 Å². The summed E-state index contributed by atoms with van der Waals surface area (Å²) in [6.45, 7) is 5.49. The number of fused-ring (bicyclic) bond motifs is 1. The fourth-order valence-corrected chi connectivity index (χ4v) is 2.70. The van der Waals surface area contributed by atoms with E-state index in [0.29, 0.717) is 12.2 Å². The zero-order valence-corrected chi connectivity index (χ0v) is 13.4. The van der Waals surface area contributed by atoms with Crippen LogP contribution in [0.15, 0.2) is 29.2 Å². The van der Waals surface area contributed by atoms with E-state index in [0.717, 1.165) is 6.54 Å². The third kappa shape index (κ3) is 2.86. The fourth-order valence-electron chi connectivity index (χ4n) is 2.70. The lowest BCUT2D eigenvalue weighted by Crippen LogP contribution is -2.58. The van der Waals surface area contributed by atoms with Gasteiger partial charge in [0.15, 0.2) is 5.65 Å². The first kappa shape index (κ1) is 16.5. The van der Waals surface area contributed by atoms with E-state index in [1.54, 1.807) is 18.3 Å². The molecule has 3 heterocycles. The molecule has 1 aliphatic rings. The highest BCUT2D eigenvalue weighted by molar-refractivity contribution is 5.85. The number of piperazine rings is 1. The van der Waals surface area contributed by atoms with Gasteiger partial charge in [0, 0.05) is 31.4 Å². The average Bonchev–Trinajstić information content (AvgIpc) is 2.79. The van der Waals surface area contributed by atoms with Crippen molar-refractivity contribution in [1.82, 2.24) is 24.4 Å². The largest absolute Gasteiger partial charge is 0.350 e. The van der Waals surface area contributed by atoms with Crippen LogP contribution in [0.1, 0.15) is 13.8 Å². The van der Waals surface area contributed by atoms with Crippen molar-refractivity contribution in [2.75, 3.05) is 13.1 Å². The second kappa shape index (κ2) is 6.50. The third-order valence-electron chi connectivity index (χ3n) is 4.13. The van der Waals surface area contributed by atoms with E-state index in [1.165, 1.54) is 9.08 Å². The van der Waals surface area contributed by atoms with Gasteiger partial charge >= 0.3 is 5.69 Å². The minimum absolute atomic E-state index is 0. The smallest absolute Gasteiger partial charge is 0.336 e. The summed E-state index contributed by atoms with van der Waals surface area (Å²) in [4.78, 5) is 26.4. The number of nitrogens with zero attached hydrogens (tertiary/aromatic N) is 4. The minimum Gasteiger partial charge on any atom is -0.336 e. The molecule has 0 aliphatic carbocycles. The number of pyridine rings is 1. The van der Waals surface area contributed by atoms with E-state index < -0.39 is 0 Å². The molecule has 0 bridgehead atoms. The molecule has 2 atom stereocenters. The van der Waals surface area contributed by atoms with E-state index in [-0.39, 0.29) is 42.6 Å². The molecule has 2 aromatic heterocycles. The molecule has 1 N–H and O–H groups in total. The molecule has 0 saturated carbocycles. The van der Waals surface area contributed by atoms with E-state index in [9.17, 15) is 9.59 Å². The number of aromatic nitrogens is 3. The normalized spacial score (nSPS) is 21.6. The second-order valence-electron chi connectivity index (χ2n) is 5.44. The van der Waals surface area contributed by atoms with Gasteiger partial charge in [0.1, 0.15) is 6.54 Å². The Bertz CT molecular complexity index is 725. The zero-order chi connectivity index (χ0) is 15.0. The number of nitrogens with one attached hydrogen (secondary N) is 1. The Morgan fingerprint density at radius 2 is 2.18 bits per heavy atom. The van der Waals surface area contributed by atoms with E-state index in [1.807, 2.05) is 17.9 Å². The average molecular weight is 326 g/mol. The first-order valence-electron chi connectivity index (χ1n) is 7.15. The summed E-state index contributed by atoms with van der Waals surface area (Å²) in [5.41, 5.74) is 0.270. The molecule has 1 saturated heterocycles. The molecular formula is C14H20ClN5O2. The van der Waals surface area contributed by atoms with Gasteiger partial charge in [-0.3, -0.25) is 9.20 Å². The van der Waals surface area contributed by atoms with Gasteiger partial charge in [0.25, 0.3) is 0 Å². The lowest BCUT2D eigenvalue weighted by atomic mass is 10.1. The van der Waals surface area contributed by atoms with Crippen molar-refractivity contribution in [2.24, 2.45) is 0 Å². The maximum absolute atomic E-state index is 12.4. The highest BCUT2D eigenvalue weighted by Gasteiger charge is 2.28. The Hall–Kier alpha value is -1.86. The van der Waals surface area contributed by atoms with Crippen LogP contribution in [0, 0.1) is 0 Å². The molecule has 120 valence electrons. The standard InChI is InChI=1S/C14H19N5O2.ClH/c1-10-11(2)17(8-6-15-10)13(20)9-19-14(21)18-7-4-3-5-12(18)16-19;/h3-5,7,10-11,15H,6,8-9H2,1-2H3;1H. The Morgan fingerprint density at radius 1 is 1.41 bits per heavy atom. The molecule has 3 rings (SSSR count). The van der Waals surface area contributed by atoms with E-state index >= 15 is 0 Å².